The number of hydrogen-bond acceptors (Lipinski definition) is 7. The SMILES string of the molecule is COc1ccc(OC)c(NC(=O)COC(=O)CCc2c(C)noc2C)c1. The van der Waals surface area contributed by atoms with E-state index in [0.29, 0.717) is 29.4 Å². The van der Waals surface area contributed by atoms with Crippen LogP contribution in [0.25, 0.3) is 0 Å². The summed E-state index contributed by atoms with van der Waals surface area (Å²) in [6.07, 6.45) is 0.587. The molecule has 1 amide bonds. The molecule has 1 N–H and O–H groups in total. The van der Waals surface area contributed by atoms with Crippen LogP contribution in [-0.4, -0.2) is 37.9 Å². The number of carbonyl (C=O) groups excluding carboxylic acids is 2. The van der Waals surface area contributed by atoms with E-state index in [0.717, 1.165) is 11.3 Å². The van der Waals surface area contributed by atoms with E-state index >= 15 is 0 Å². The van der Waals surface area contributed by atoms with Gasteiger partial charge in [0.2, 0.25) is 0 Å². The molecule has 0 radical (unpaired) electrons. The molecule has 0 bridgehead atoms. The lowest BCUT2D eigenvalue weighted by atomic mass is 10.1. The quantitative estimate of drug-likeness (QED) is 0.720. The molecule has 8 nitrogen and oxygen atoms in total. The smallest absolute Gasteiger partial charge is 0.306 e. The number of rotatable bonds is 8. The first kappa shape index (κ1) is 19.3. The minimum Gasteiger partial charge on any atom is -0.497 e. The van der Waals surface area contributed by atoms with Crippen LogP contribution in [0.2, 0.25) is 0 Å². The number of ether oxygens (including phenoxy) is 3. The minimum atomic E-state index is -0.474. The van der Waals surface area contributed by atoms with E-state index in [1.54, 1.807) is 25.1 Å². The van der Waals surface area contributed by atoms with Crippen molar-refractivity contribution in [2.45, 2.75) is 26.7 Å². The number of hydrogen-bond donors (Lipinski definition) is 1. The van der Waals surface area contributed by atoms with Gasteiger partial charge in [-0.1, -0.05) is 5.16 Å². The Labute approximate surface area is 151 Å². The summed E-state index contributed by atoms with van der Waals surface area (Å²) < 4.78 is 20.4. The number of aromatic nitrogens is 1. The van der Waals surface area contributed by atoms with Crippen molar-refractivity contribution in [2.75, 3.05) is 26.1 Å². The minimum absolute atomic E-state index is 0.138. The van der Waals surface area contributed by atoms with Gasteiger partial charge < -0.3 is 24.1 Å². The number of aryl methyl sites for hydroxylation is 2. The summed E-state index contributed by atoms with van der Waals surface area (Å²) in [7, 11) is 3.01. The molecular weight excluding hydrogens is 340 g/mol. The summed E-state index contributed by atoms with van der Waals surface area (Å²) >= 11 is 0. The zero-order valence-electron chi connectivity index (χ0n) is 15.3. The molecule has 2 aromatic rings. The molecule has 0 unspecified atom stereocenters. The van der Waals surface area contributed by atoms with Gasteiger partial charge in [-0.2, -0.15) is 0 Å². The lowest BCUT2D eigenvalue weighted by Gasteiger charge is -2.12. The first-order valence-corrected chi connectivity index (χ1v) is 8.03. The van der Waals surface area contributed by atoms with Crippen LogP contribution >= 0.6 is 0 Å². The number of carbonyl (C=O) groups is 2. The van der Waals surface area contributed by atoms with Gasteiger partial charge in [0.15, 0.2) is 6.61 Å². The van der Waals surface area contributed by atoms with E-state index in [-0.39, 0.29) is 13.0 Å². The summed E-state index contributed by atoms with van der Waals surface area (Å²) in [5.74, 6) is 0.777. The van der Waals surface area contributed by atoms with Gasteiger partial charge in [-0.25, -0.2) is 0 Å². The van der Waals surface area contributed by atoms with Crippen molar-refractivity contribution >= 4 is 17.6 Å². The van der Waals surface area contributed by atoms with Crippen LogP contribution in [0.5, 0.6) is 11.5 Å². The van der Waals surface area contributed by atoms with Crippen LogP contribution in [-0.2, 0) is 20.7 Å². The Morgan fingerprint density at radius 3 is 2.58 bits per heavy atom. The second-order valence-electron chi connectivity index (χ2n) is 5.58. The fourth-order valence-electron chi connectivity index (χ4n) is 2.40. The van der Waals surface area contributed by atoms with Crippen molar-refractivity contribution in [2.24, 2.45) is 0 Å². The van der Waals surface area contributed by atoms with Crippen LogP contribution in [0.3, 0.4) is 0 Å². The van der Waals surface area contributed by atoms with Crippen LogP contribution in [0.4, 0.5) is 5.69 Å². The summed E-state index contributed by atoms with van der Waals surface area (Å²) in [5, 5.41) is 6.47. The Balaban J connectivity index is 1.84. The largest absolute Gasteiger partial charge is 0.497 e. The molecule has 0 fully saturated rings. The molecule has 8 heteroatoms. The lowest BCUT2D eigenvalue weighted by Crippen LogP contribution is -2.21. The highest BCUT2D eigenvalue weighted by Crippen LogP contribution is 2.28. The van der Waals surface area contributed by atoms with Gasteiger partial charge in [0.05, 0.1) is 25.6 Å². The first-order chi connectivity index (χ1) is 12.4. The fourth-order valence-corrected chi connectivity index (χ4v) is 2.40. The third kappa shape index (κ3) is 4.98. The predicted molar refractivity (Wildman–Crippen MR) is 93.4 cm³/mol. The lowest BCUT2D eigenvalue weighted by molar-refractivity contribution is -0.147. The normalized spacial score (nSPS) is 10.3. The molecule has 1 heterocycles. The number of benzene rings is 1. The maximum Gasteiger partial charge on any atom is 0.306 e. The number of esters is 1. The van der Waals surface area contributed by atoms with E-state index < -0.39 is 11.9 Å². The monoisotopic (exact) mass is 362 g/mol. The standard InChI is InChI=1S/C18H22N2O6/c1-11-14(12(2)26-20-11)6-8-18(22)25-10-17(21)19-15-9-13(23-3)5-7-16(15)24-4/h5,7,9H,6,8,10H2,1-4H3,(H,19,21). The van der Waals surface area contributed by atoms with Gasteiger partial charge in [-0.05, 0) is 32.4 Å². The highest BCUT2D eigenvalue weighted by Gasteiger charge is 2.14. The molecule has 0 atom stereocenters. The number of amides is 1. The van der Waals surface area contributed by atoms with E-state index in [4.69, 9.17) is 18.7 Å². The molecule has 0 spiro atoms. The third-order valence-electron chi connectivity index (χ3n) is 3.81. The van der Waals surface area contributed by atoms with E-state index in [1.807, 2.05) is 6.92 Å². The summed E-state index contributed by atoms with van der Waals surface area (Å²) in [4.78, 5) is 23.9. The Morgan fingerprint density at radius 2 is 1.96 bits per heavy atom. The number of nitrogens with zero attached hydrogens (tertiary/aromatic N) is 1. The molecule has 1 aromatic heterocycles. The average molecular weight is 362 g/mol. The van der Waals surface area contributed by atoms with Crippen molar-refractivity contribution in [3.05, 3.63) is 35.2 Å². The Morgan fingerprint density at radius 1 is 1.19 bits per heavy atom. The molecule has 2 rings (SSSR count). The maximum absolute atomic E-state index is 12.0. The average Bonchev–Trinajstić information content (AvgIpc) is 2.96. The van der Waals surface area contributed by atoms with Gasteiger partial charge in [0.1, 0.15) is 17.3 Å². The van der Waals surface area contributed by atoms with E-state index in [2.05, 4.69) is 10.5 Å². The van der Waals surface area contributed by atoms with Crippen LogP contribution in [0.1, 0.15) is 23.4 Å². The van der Waals surface area contributed by atoms with E-state index in [9.17, 15) is 9.59 Å². The van der Waals surface area contributed by atoms with Crippen molar-refractivity contribution in [1.82, 2.24) is 5.16 Å². The molecule has 0 aliphatic carbocycles. The van der Waals surface area contributed by atoms with Crippen molar-refractivity contribution < 1.29 is 28.3 Å². The zero-order valence-corrected chi connectivity index (χ0v) is 15.3. The second kappa shape index (κ2) is 8.89. The number of nitrogens with one attached hydrogen (secondary N) is 1. The summed E-state index contributed by atoms with van der Waals surface area (Å²) in [5.41, 5.74) is 2.06. The van der Waals surface area contributed by atoms with Gasteiger partial charge in [0, 0.05) is 18.1 Å². The van der Waals surface area contributed by atoms with Crippen LogP contribution in [0, 0.1) is 13.8 Å². The molecule has 0 saturated heterocycles. The predicted octanol–water partition coefficient (Wildman–Crippen LogP) is 2.42. The highest BCUT2D eigenvalue weighted by molar-refractivity contribution is 5.94. The molecule has 0 aliphatic rings. The van der Waals surface area contributed by atoms with Crippen molar-refractivity contribution in [3.63, 3.8) is 0 Å². The molecular formula is C18H22N2O6. The van der Waals surface area contributed by atoms with Gasteiger partial charge in [-0.3, -0.25) is 9.59 Å². The van der Waals surface area contributed by atoms with Crippen molar-refractivity contribution in [3.8, 4) is 11.5 Å². The zero-order chi connectivity index (χ0) is 19.1. The second-order valence-corrected chi connectivity index (χ2v) is 5.58. The molecule has 0 saturated carbocycles. The van der Waals surface area contributed by atoms with Gasteiger partial charge in [-0.15, -0.1) is 0 Å². The van der Waals surface area contributed by atoms with Crippen LogP contribution in [0.15, 0.2) is 22.7 Å². The number of anilines is 1. The first-order valence-electron chi connectivity index (χ1n) is 8.03. The molecule has 0 aliphatic heterocycles. The Bertz CT molecular complexity index is 764. The summed E-state index contributed by atoms with van der Waals surface area (Å²) in [6.45, 7) is 3.21. The molecule has 1 aromatic carbocycles. The van der Waals surface area contributed by atoms with Crippen molar-refractivity contribution in [1.29, 1.82) is 0 Å². The molecule has 26 heavy (non-hydrogen) atoms. The molecule has 140 valence electrons. The number of methoxy groups -OCH3 is 2. The Hall–Kier alpha value is -3.03. The topological polar surface area (TPSA) is 99.9 Å². The van der Waals surface area contributed by atoms with Gasteiger partial charge in [0.25, 0.3) is 5.91 Å². The summed E-state index contributed by atoms with van der Waals surface area (Å²) in [6, 6.07) is 5.00. The third-order valence-corrected chi connectivity index (χ3v) is 3.81. The maximum atomic E-state index is 12.0. The highest BCUT2D eigenvalue weighted by atomic mass is 16.5. The van der Waals surface area contributed by atoms with Gasteiger partial charge >= 0.3 is 5.97 Å². The fraction of sp³-hybridized carbons (Fsp3) is 0.389. The van der Waals surface area contributed by atoms with Crippen LogP contribution < -0.4 is 14.8 Å². The Kier molecular flexibility index (Phi) is 6.60. The van der Waals surface area contributed by atoms with E-state index in [1.165, 1.54) is 14.2 Å².